The Morgan fingerprint density at radius 3 is 2.08 bits per heavy atom. The molecule has 2 N–H and O–H groups in total. The quantitative estimate of drug-likeness (QED) is 0.354. The molecule has 0 saturated heterocycles. The molecule has 3 aliphatic carbocycles. The molecule has 3 unspecified atom stereocenters. The minimum Gasteiger partial charge on any atom is -0.481 e. The highest BCUT2D eigenvalue weighted by Crippen LogP contribution is 2.66. The van der Waals surface area contributed by atoms with Gasteiger partial charge in [-0.1, -0.05) is 45.4 Å². The smallest absolute Gasteiger partial charge is 0.306 e. The standard InChI is InChI=1S/C23H40O3/c1-2-3-10-22(13-14-22)11-6-4-8-18(24)9-5-7-12-23(15-16-23)20-17-19(20)21(25)26/h18-20,24H,2-17H2,1H3,(H,25,26). The summed E-state index contributed by atoms with van der Waals surface area (Å²) in [4.78, 5) is 11.1. The van der Waals surface area contributed by atoms with Crippen LogP contribution in [0.3, 0.4) is 0 Å². The fourth-order valence-electron chi connectivity index (χ4n) is 5.35. The van der Waals surface area contributed by atoms with Crippen LogP contribution in [0.1, 0.15) is 110 Å². The molecule has 3 aliphatic rings. The Balaban J connectivity index is 1.19. The molecule has 3 saturated carbocycles. The van der Waals surface area contributed by atoms with E-state index in [4.69, 9.17) is 5.11 Å². The SMILES string of the molecule is CCCCC1(CCCCC(O)CCCCC2(C3CC3C(=O)O)CC2)CC1. The molecule has 3 heteroatoms. The van der Waals surface area contributed by atoms with Gasteiger partial charge in [-0.3, -0.25) is 4.79 Å². The van der Waals surface area contributed by atoms with E-state index >= 15 is 0 Å². The van der Waals surface area contributed by atoms with Gasteiger partial charge in [-0.25, -0.2) is 0 Å². The number of hydrogen-bond acceptors (Lipinski definition) is 2. The maximum absolute atomic E-state index is 11.1. The average molecular weight is 365 g/mol. The topological polar surface area (TPSA) is 57.5 Å². The predicted octanol–water partition coefficient (Wildman–Crippen LogP) is 5.94. The Morgan fingerprint density at radius 2 is 1.58 bits per heavy atom. The Labute approximate surface area is 160 Å². The lowest BCUT2D eigenvalue weighted by atomic mass is 9.90. The van der Waals surface area contributed by atoms with Crippen molar-refractivity contribution in [3.8, 4) is 0 Å². The lowest BCUT2D eigenvalue weighted by Gasteiger charge is -2.16. The van der Waals surface area contributed by atoms with Gasteiger partial charge in [-0.2, -0.15) is 0 Å². The minimum atomic E-state index is -0.584. The Bertz CT molecular complexity index is 464. The van der Waals surface area contributed by atoms with Gasteiger partial charge < -0.3 is 10.2 Å². The van der Waals surface area contributed by atoms with Gasteiger partial charge >= 0.3 is 5.97 Å². The Kier molecular flexibility index (Phi) is 6.69. The summed E-state index contributed by atoms with van der Waals surface area (Å²) in [6.45, 7) is 2.28. The van der Waals surface area contributed by atoms with Crippen molar-refractivity contribution in [3.05, 3.63) is 0 Å². The second-order valence-corrected chi connectivity index (χ2v) is 9.90. The van der Waals surface area contributed by atoms with Crippen molar-refractivity contribution < 1.29 is 15.0 Å². The largest absolute Gasteiger partial charge is 0.481 e. The maximum atomic E-state index is 11.1. The van der Waals surface area contributed by atoms with Crippen LogP contribution in [0.4, 0.5) is 0 Å². The van der Waals surface area contributed by atoms with Gasteiger partial charge in [-0.15, -0.1) is 0 Å². The second-order valence-electron chi connectivity index (χ2n) is 9.90. The van der Waals surface area contributed by atoms with Crippen LogP contribution >= 0.6 is 0 Å². The highest BCUT2D eigenvalue weighted by atomic mass is 16.4. The maximum Gasteiger partial charge on any atom is 0.306 e. The van der Waals surface area contributed by atoms with Crippen molar-refractivity contribution in [2.24, 2.45) is 22.7 Å². The molecule has 0 aliphatic heterocycles. The van der Waals surface area contributed by atoms with E-state index in [1.165, 1.54) is 77.0 Å². The summed E-state index contributed by atoms with van der Waals surface area (Å²) in [5.74, 6) is -0.165. The van der Waals surface area contributed by atoms with Crippen LogP contribution in [-0.2, 0) is 4.79 Å². The van der Waals surface area contributed by atoms with E-state index < -0.39 is 5.97 Å². The van der Waals surface area contributed by atoms with Crippen molar-refractivity contribution in [3.63, 3.8) is 0 Å². The molecule has 0 bridgehead atoms. The normalized spacial score (nSPS) is 28.5. The van der Waals surface area contributed by atoms with Crippen molar-refractivity contribution in [2.45, 2.75) is 116 Å². The molecule has 0 amide bonds. The zero-order valence-electron chi connectivity index (χ0n) is 16.8. The zero-order chi connectivity index (χ0) is 18.6. The van der Waals surface area contributed by atoms with Crippen molar-refractivity contribution in [1.82, 2.24) is 0 Å². The molecule has 0 heterocycles. The lowest BCUT2D eigenvalue weighted by molar-refractivity contribution is -0.139. The summed E-state index contributed by atoms with van der Waals surface area (Å²) in [5.41, 5.74) is 1.08. The van der Waals surface area contributed by atoms with E-state index in [1.54, 1.807) is 0 Å². The third kappa shape index (κ3) is 5.47. The van der Waals surface area contributed by atoms with E-state index in [-0.39, 0.29) is 12.0 Å². The van der Waals surface area contributed by atoms with E-state index in [1.807, 2.05) is 0 Å². The highest BCUT2D eigenvalue weighted by molar-refractivity contribution is 5.73. The van der Waals surface area contributed by atoms with Gasteiger partial charge in [0.05, 0.1) is 12.0 Å². The van der Waals surface area contributed by atoms with Crippen LogP contribution in [0.25, 0.3) is 0 Å². The molecule has 3 nitrogen and oxygen atoms in total. The number of carboxylic acid groups (broad SMARTS) is 1. The molecule has 0 spiro atoms. The predicted molar refractivity (Wildman–Crippen MR) is 105 cm³/mol. The van der Waals surface area contributed by atoms with Crippen molar-refractivity contribution >= 4 is 5.97 Å². The summed E-state index contributed by atoms with van der Waals surface area (Å²) in [7, 11) is 0. The van der Waals surface area contributed by atoms with Crippen LogP contribution in [0.15, 0.2) is 0 Å². The molecule has 3 rings (SSSR count). The molecular formula is C23H40O3. The third-order valence-corrected chi connectivity index (χ3v) is 7.76. The zero-order valence-corrected chi connectivity index (χ0v) is 16.8. The summed E-state index contributed by atoms with van der Waals surface area (Å²) in [5, 5.41) is 19.4. The molecule has 26 heavy (non-hydrogen) atoms. The first kappa shape index (κ1) is 20.2. The minimum absolute atomic E-state index is 0.0461. The first-order valence-corrected chi connectivity index (χ1v) is 11.4. The number of aliphatic hydroxyl groups is 1. The highest BCUT2D eigenvalue weighted by Gasteiger charge is 2.60. The van der Waals surface area contributed by atoms with Gasteiger partial charge in [-0.05, 0) is 81.0 Å². The first-order valence-electron chi connectivity index (χ1n) is 11.4. The van der Waals surface area contributed by atoms with Crippen LogP contribution in [0.2, 0.25) is 0 Å². The van der Waals surface area contributed by atoms with E-state index in [0.717, 1.165) is 25.7 Å². The van der Waals surface area contributed by atoms with Crippen LogP contribution in [0.5, 0.6) is 0 Å². The first-order chi connectivity index (χ1) is 12.5. The molecule has 0 aromatic heterocycles. The number of carbonyl (C=O) groups is 1. The van der Waals surface area contributed by atoms with E-state index in [9.17, 15) is 9.90 Å². The summed E-state index contributed by atoms with van der Waals surface area (Å²) >= 11 is 0. The molecule has 150 valence electrons. The van der Waals surface area contributed by atoms with Crippen LogP contribution in [0, 0.1) is 22.7 Å². The molecule has 3 atom stereocenters. The van der Waals surface area contributed by atoms with Gasteiger partial charge in [0.25, 0.3) is 0 Å². The van der Waals surface area contributed by atoms with Gasteiger partial charge in [0, 0.05) is 0 Å². The third-order valence-electron chi connectivity index (χ3n) is 7.76. The van der Waals surface area contributed by atoms with Crippen LogP contribution in [-0.4, -0.2) is 22.3 Å². The number of aliphatic carboxylic acids is 1. The summed E-state index contributed by atoms with van der Waals surface area (Å²) in [6, 6.07) is 0. The molecule has 0 radical (unpaired) electrons. The molecular weight excluding hydrogens is 324 g/mol. The molecule has 0 aromatic carbocycles. The second kappa shape index (κ2) is 8.63. The van der Waals surface area contributed by atoms with E-state index in [0.29, 0.717) is 16.7 Å². The van der Waals surface area contributed by atoms with Crippen molar-refractivity contribution in [1.29, 1.82) is 0 Å². The number of carboxylic acids is 1. The van der Waals surface area contributed by atoms with Gasteiger partial charge in [0.1, 0.15) is 0 Å². The molecule has 3 fully saturated rings. The Morgan fingerprint density at radius 1 is 0.962 bits per heavy atom. The fraction of sp³-hybridized carbons (Fsp3) is 0.957. The number of aliphatic hydroxyl groups excluding tert-OH is 1. The number of hydrogen-bond donors (Lipinski definition) is 2. The number of unbranched alkanes of at least 4 members (excludes halogenated alkanes) is 3. The van der Waals surface area contributed by atoms with Gasteiger partial charge in [0.2, 0.25) is 0 Å². The summed E-state index contributed by atoms with van der Waals surface area (Å²) < 4.78 is 0. The fourth-order valence-corrected chi connectivity index (χ4v) is 5.35. The Hall–Kier alpha value is -0.570. The lowest BCUT2D eigenvalue weighted by Crippen LogP contribution is -2.11. The van der Waals surface area contributed by atoms with E-state index in [2.05, 4.69) is 6.92 Å². The monoisotopic (exact) mass is 364 g/mol. The molecule has 0 aromatic rings. The average Bonchev–Trinajstić information content (AvgIpc) is 3.47. The number of rotatable bonds is 15. The summed E-state index contributed by atoms with van der Waals surface area (Å²) in [6.07, 6.45) is 19.5. The van der Waals surface area contributed by atoms with Crippen molar-refractivity contribution in [2.75, 3.05) is 0 Å². The van der Waals surface area contributed by atoms with Crippen LogP contribution < -0.4 is 0 Å². The van der Waals surface area contributed by atoms with Gasteiger partial charge in [0.15, 0.2) is 0 Å².